The van der Waals surface area contributed by atoms with Gasteiger partial charge in [-0.2, -0.15) is 4.57 Å². The Labute approximate surface area is 218 Å². The van der Waals surface area contributed by atoms with E-state index in [-0.39, 0.29) is 12.8 Å². The average molecular weight is 658 g/mol. The Kier molecular flexibility index (Phi) is 7.75. The zero-order valence-electron chi connectivity index (χ0n) is 17.0. The van der Waals surface area contributed by atoms with E-state index < -0.39 is 31.7 Å². The van der Waals surface area contributed by atoms with Gasteiger partial charge in [0.15, 0.2) is 10.6 Å². The Hall–Kier alpha value is -0.750. The number of anilines is 1. The van der Waals surface area contributed by atoms with Gasteiger partial charge < -0.3 is 14.0 Å². The second kappa shape index (κ2) is 10.1. The van der Waals surface area contributed by atoms with Crippen molar-refractivity contribution in [3.63, 3.8) is 0 Å². The maximum atomic E-state index is 11.1. The molecule has 0 N–H and O–H groups in total. The van der Waals surface area contributed by atoms with Crippen LogP contribution in [0.1, 0.15) is 17.8 Å². The standard InChI is InChI=1S/C19H19IN2O6S5/c20-13-3-4-16-15(11-13)22(7-2-10-33(26,27)28)17(30-16)12-18-21(6-1-9-32(23,24)25)14-5-8-29-19(14)31-18/h3-5,8,11-12H,1-2,6-7,9-10H2,(H-,23,24,25,26,27,28)/p-1. The molecular formula is C19H18IN2O6S5-. The molecule has 1 aliphatic heterocycles. The van der Waals surface area contributed by atoms with Gasteiger partial charge in [-0.15, -0.1) is 11.3 Å². The van der Waals surface area contributed by atoms with Gasteiger partial charge in [-0.05, 0) is 52.6 Å². The molecule has 0 aliphatic carbocycles. The molecule has 0 fully saturated rings. The highest BCUT2D eigenvalue weighted by Gasteiger charge is 2.28. The van der Waals surface area contributed by atoms with Crippen LogP contribution >= 0.6 is 57.0 Å². The third kappa shape index (κ3) is 6.48. The largest absolute Gasteiger partial charge is 0.748 e. The van der Waals surface area contributed by atoms with E-state index in [4.69, 9.17) is 0 Å². The van der Waals surface area contributed by atoms with Gasteiger partial charge in [0, 0.05) is 39.0 Å². The number of nitrogens with zero attached hydrogens (tertiary/aromatic N) is 2. The predicted molar refractivity (Wildman–Crippen MR) is 139 cm³/mol. The van der Waals surface area contributed by atoms with Crippen LogP contribution in [0.5, 0.6) is 0 Å². The number of rotatable bonds is 9. The molecule has 178 valence electrons. The number of aromatic nitrogens is 1. The summed E-state index contributed by atoms with van der Waals surface area (Å²) >= 11 is 6.95. The van der Waals surface area contributed by atoms with Crippen LogP contribution in [0.25, 0.3) is 15.6 Å². The molecule has 1 aromatic carbocycles. The second-order valence-electron chi connectivity index (χ2n) is 7.26. The van der Waals surface area contributed by atoms with Gasteiger partial charge in [0.1, 0.15) is 0 Å². The number of hydrogen-bond acceptors (Lipinski definition) is 10. The van der Waals surface area contributed by atoms with Crippen molar-refractivity contribution in [3.05, 3.63) is 43.3 Å². The highest BCUT2D eigenvalue weighted by molar-refractivity contribution is 14.1. The van der Waals surface area contributed by atoms with Crippen LogP contribution in [0.4, 0.5) is 5.69 Å². The fraction of sp³-hybridized carbons (Fsp3) is 0.316. The molecule has 0 radical (unpaired) electrons. The lowest BCUT2D eigenvalue weighted by atomic mass is 10.3. The van der Waals surface area contributed by atoms with Crippen molar-refractivity contribution in [2.45, 2.75) is 24.3 Å². The Balaban J connectivity index is 1.67. The molecule has 14 heteroatoms. The van der Waals surface area contributed by atoms with E-state index in [2.05, 4.69) is 22.6 Å². The molecule has 3 heterocycles. The van der Waals surface area contributed by atoms with Crippen molar-refractivity contribution in [1.82, 2.24) is 0 Å². The molecule has 4 rings (SSSR count). The number of fused-ring (bicyclic) bond motifs is 2. The third-order valence-corrected chi connectivity index (χ3v) is 10.4. The topological polar surface area (TPSA) is 122 Å². The van der Waals surface area contributed by atoms with Crippen molar-refractivity contribution >= 4 is 98.6 Å². The molecule has 0 unspecified atom stereocenters. The van der Waals surface area contributed by atoms with Crippen molar-refractivity contribution in [1.29, 1.82) is 0 Å². The Bertz CT molecular complexity index is 1430. The maximum absolute atomic E-state index is 11.1. The van der Waals surface area contributed by atoms with Gasteiger partial charge in [0.2, 0.25) is 5.52 Å². The summed E-state index contributed by atoms with van der Waals surface area (Å²) in [7, 11) is -8.58. The van der Waals surface area contributed by atoms with E-state index in [1.165, 1.54) is 0 Å². The molecule has 0 spiro atoms. The Morgan fingerprint density at radius 2 is 1.79 bits per heavy atom. The number of benzene rings is 1. The SMILES string of the molecule is O=S(=O)([O-])CCCN1C(=Cc2sc3sccc3[n+]2CCCS(=O)(=O)[O-])Sc2ccc(I)cc21. The van der Waals surface area contributed by atoms with Gasteiger partial charge in [-0.25, -0.2) is 16.8 Å². The van der Waals surface area contributed by atoms with Crippen LogP contribution in [0.15, 0.2) is 39.6 Å². The first-order valence-electron chi connectivity index (χ1n) is 9.74. The smallest absolute Gasteiger partial charge is 0.266 e. The molecule has 0 saturated carbocycles. The summed E-state index contributed by atoms with van der Waals surface area (Å²) in [6.07, 6.45) is 2.42. The summed E-state index contributed by atoms with van der Waals surface area (Å²) in [6, 6.07) is 8.01. The van der Waals surface area contributed by atoms with Crippen LogP contribution in [0.3, 0.4) is 0 Å². The van der Waals surface area contributed by atoms with E-state index in [0.717, 1.165) is 33.7 Å². The van der Waals surface area contributed by atoms with Gasteiger partial charge in [-0.3, -0.25) is 0 Å². The lowest BCUT2D eigenvalue weighted by molar-refractivity contribution is -0.668. The molecule has 0 amide bonds. The number of hydrogen-bond donors (Lipinski definition) is 0. The lowest BCUT2D eigenvalue weighted by Gasteiger charge is -2.20. The summed E-state index contributed by atoms with van der Waals surface area (Å²) in [4.78, 5) is 3.06. The summed E-state index contributed by atoms with van der Waals surface area (Å²) in [5.41, 5.74) is 1.95. The molecule has 0 atom stereocenters. The molecule has 8 nitrogen and oxygen atoms in total. The maximum Gasteiger partial charge on any atom is 0.266 e. The summed E-state index contributed by atoms with van der Waals surface area (Å²) in [5.74, 6) is -0.856. The lowest BCUT2D eigenvalue weighted by Crippen LogP contribution is -2.36. The highest BCUT2D eigenvalue weighted by atomic mass is 127. The first kappa shape index (κ1) is 25.3. The fourth-order valence-electron chi connectivity index (χ4n) is 3.49. The monoisotopic (exact) mass is 657 g/mol. The van der Waals surface area contributed by atoms with Gasteiger partial charge in [0.05, 0.1) is 37.0 Å². The minimum atomic E-state index is -4.30. The summed E-state index contributed by atoms with van der Waals surface area (Å²) < 4.78 is 70.6. The second-order valence-corrected chi connectivity index (χ2v) is 14.8. The third-order valence-electron chi connectivity index (χ3n) is 4.86. The summed E-state index contributed by atoms with van der Waals surface area (Å²) in [5, 5.41) is 3.78. The van der Waals surface area contributed by atoms with E-state index in [9.17, 15) is 25.9 Å². The minimum Gasteiger partial charge on any atom is -0.748 e. The van der Waals surface area contributed by atoms with Gasteiger partial charge in [0.25, 0.3) is 5.01 Å². The average Bonchev–Trinajstić information content (AvgIpc) is 3.35. The number of halogens is 1. The van der Waals surface area contributed by atoms with Crippen molar-refractivity contribution in [2.75, 3.05) is 23.0 Å². The van der Waals surface area contributed by atoms with Crippen molar-refractivity contribution < 1.29 is 30.5 Å². The number of thiazole rings is 1. The summed E-state index contributed by atoms with van der Waals surface area (Å²) in [6.45, 7) is 0.767. The molecule has 1 aliphatic rings. The minimum absolute atomic E-state index is 0.204. The van der Waals surface area contributed by atoms with Crippen molar-refractivity contribution in [2.24, 2.45) is 0 Å². The fourth-order valence-corrected chi connectivity index (χ4v) is 8.29. The van der Waals surface area contributed by atoms with Crippen LogP contribution in [-0.4, -0.2) is 44.0 Å². The van der Waals surface area contributed by atoms with E-state index in [1.807, 2.05) is 45.2 Å². The van der Waals surface area contributed by atoms with E-state index in [0.29, 0.717) is 13.1 Å². The number of thioether (sulfide) groups is 1. The van der Waals surface area contributed by atoms with Crippen molar-refractivity contribution in [3.8, 4) is 0 Å². The molecular weight excluding hydrogens is 639 g/mol. The molecule has 33 heavy (non-hydrogen) atoms. The zero-order chi connectivity index (χ0) is 23.8. The molecule has 2 aromatic heterocycles. The van der Waals surface area contributed by atoms with E-state index >= 15 is 0 Å². The predicted octanol–water partition coefficient (Wildman–Crippen LogP) is 3.64. The van der Waals surface area contributed by atoms with E-state index in [1.54, 1.807) is 34.4 Å². The Morgan fingerprint density at radius 3 is 2.52 bits per heavy atom. The first-order chi connectivity index (χ1) is 15.5. The quantitative estimate of drug-likeness (QED) is 0.194. The van der Waals surface area contributed by atoms with Crippen LogP contribution < -0.4 is 9.47 Å². The van der Waals surface area contributed by atoms with Gasteiger partial charge in [-0.1, -0.05) is 23.1 Å². The Morgan fingerprint density at radius 1 is 1.06 bits per heavy atom. The molecule has 0 saturated heterocycles. The molecule has 3 aromatic rings. The van der Waals surface area contributed by atoms with Crippen LogP contribution in [0.2, 0.25) is 0 Å². The first-order valence-corrected chi connectivity index (χ1v) is 16.5. The normalized spacial score (nSPS) is 15.6. The van der Waals surface area contributed by atoms with Crippen LogP contribution in [0, 0.1) is 3.57 Å². The number of thiophene rings is 1. The number of aryl methyl sites for hydroxylation is 1. The van der Waals surface area contributed by atoms with Crippen LogP contribution in [-0.2, 0) is 26.8 Å². The van der Waals surface area contributed by atoms with Gasteiger partial charge >= 0.3 is 0 Å². The molecule has 0 bridgehead atoms. The zero-order valence-corrected chi connectivity index (χ0v) is 23.2. The highest BCUT2D eigenvalue weighted by Crippen LogP contribution is 2.47.